The van der Waals surface area contributed by atoms with Gasteiger partial charge in [-0.05, 0) is 18.6 Å². The molecule has 0 radical (unpaired) electrons. The quantitative estimate of drug-likeness (QED) is 0.597. The molecule has 1 unspecified atom stereocenters. The van der Waals surface area contributed by atoms with Crippen LogP contribution in [0.2, 0.25) is 0 Å². The maximum atomic E-state index is 9.02. The summed E-state index contributed by atoms with van der Waals surface area (Å²) in [5.74, 6) is 0. The smallest absolute Gasteiger partial charge is 0.0776 e. The summed E-state index contributed by atoms with van der Waals surface area (Å²) in [6.07, 6.45) is 3.48. The van der Waals surface area contributed by atoms with Gasteiger partial charge in [-0.15, -0.1) is 0 Å². The molecule has 0 saturated carbocycles. The van der Waals surface area contributed by atoms with Crippen molar-refractivity contribution in [1.82, 2.24) is 4.57 Å². The zero-order chi connectivity index (χ0) is 6.85. The predicted molar refractivity (Wildman–Crippen MR) is 36.0 cm³/mol. The first-order valence-electron chi connectivity index (χ1n) is 3.00. The molecular formula is C7H11NO. The van der Waals surface area contributed by atoms with Gasteiger partial charge < -0.3 is 9.67 Å². The Balaban J connectivity index is 2.85. The average Bonchev–Trinajstić information content (AvgIpc) is 2.14. The fraction of sp³-hybridized carbons (Fsp3) is 0.429. The number of aromatic nitrogens is 1. The molecule has 0 aliphatic rings. The molecule has 0 aromatic carbocycles. The van der Waals surface area contributed by atoms with E-state index in [0.29, 0.717) is 0 Å². The first-order chi connectivity index (χ1) is 4.20. The summed E-state index contributed by atoms with van der Waals surface area (Å²) in [5, 5.41) is 9.02. The van der Waals surface area contributed by atoms with Gasteiger partial charge in [0.1, 0.15) is 0 Å². The summed E-state index contributed by atoms with van der Waals surface area (Å²) < 4.78 is 1.92. The second-order valence-corrected chi connectivity index (χ2v) is 2.29. The van der Waals surface area contributed by atoms with Crippen LogP contribution in [0.5, 0.6) is 0 Å². The number of aryl methyl sites for hydroxylation is 1. The number of hydrogen-bond acceptors (Lipinski definition) is 1. The molecule has 0 bridgehead atoms. The van der Waals surface area contributed by atoms with Crippen LogP contribution in [0, 0.1) is 0 Å². The number of aliphatic hydroxyl groups is 1. The number of nitrogens with zero attached hydrogens (tertiary/aromatic N) is 1. The zero-order valence-corrected chi connectivity index (χ0v) is 5.70. The van der Waals surface area contributed by atoms with Gasteiger partial charge in [0.15, 0.2) is 0 Å². The second kappa shape index (κ2) is 2.23. The van der Waals surface area contributed by atoms with Crippen LogP contribution in [-0.2, 0) is 7.05 Å². The predicted octanol–water partition coefficient (Wildman–Crippen LogP) is 1.08. The lowest BCUT2D eigenvalue weighted by Crippen LogP contribution is -1.87. The lowest BCUT2D eigenvalue weighted by atomic mass is 10.2. The fourth-order valence-electron chi connectivity index (χ4n) is 0.772. The van der Waals surface area contributed by atoms with Gasteiger partial charge in [0.2, 0.25) is 0 Å². The molecule has 1 aromatic rings. The van der Waals surface area contributed by atoms with E-state index in [1.165, 1.54) is 0 Å². The van der Waals surface area contributed by atoms with Crippen molar-refractivity contribution in [3.8, 4) is 0 Å². The molecule has 0 amide bonds. The van der Waals surface area contributed by atoms with E-state index in [9.17, 15) is 0 Å². The third-order valence-corrected chi connectivity index (χ3v) is 1.34. The van der Waals surface area contributed by atoms with Crippen molar-refractivity contribution in [3.05, 3.63) is 24.0 Å². The Kier molecular flexibility index (Phi) is 1.58. The third-order valence-electron chi connectivity index (χ3n) is 1.34. The number of aliphatic hydroxyl groups excluding tert-OH is 1. The Hall–Kier alpha value is -0.760. The molecule has 1 rings (SSSR count). The van der Waals surface area contributed by atoms with Crippen LogP contribution >= 0.6 is 0 Å². The Labute approximate surface area is 54.7 Å². The minimum Gasteiger partial charge on any atom is -0.389 e. The summed E-state index contributed by atoms with van der Waals surface area (Å²) in [4.78, 5) is 0. The monoisotopic (exact) mass is 125 g/mol. The van der Waals surface area contributed by atoms with Gasteiger partial charge >= 0.3 is 0 Å². The van der Waals surface area contributed by atoms with Crippen molar-refractivity contribution >= 4 is 0 Å². The minimum absolute atomic E-state index is 0.341. The molecule has 1 heterocycles. The molecule has 1 aromatic heterocycles. The van der Waals surface area contributed by atoms with E-state index in [1.54, 1.807) is 6.92 Å². The minimum atomic E-state index is -0.341. The van der Waals surface area contributed by atoms with E-state index in [1.807, 2.05) is 30.1 Å². The Bertz CT molecular complexity index is 191. The van der Waals surface area contributed by atoms with E-state index < -0.39 is 0 Å². The Morgan fingerprint density at radius 3 is 2.56 bits per heavy atom. The van der Waals surface area contributed by atoms with Crippen molar-refractivity contribution in [2.45, 2.75) is 13.0 Å². The van der Waals surface area contributed by atoms with Gasteiger partial charge in [0.25, 0.3) is 0 Å². The Morgan fingerprint density at radius 2 is 2.33 bits per heavy atom. The lowest BCUT2D eigenvalue weighted by Gasteiger charge is -1.96. The van der Waals surface area contributed by atoms with Crippen molar-refractivity contribution in [2.24, 2.45) is 7.05 Å². The highest BCUT2D eigenvalue weighted by Gasteiger charge is 1.98. The molecule has 0 fully saturated rings. The summed E-state index contributed by atoms with van der Waals surface area (Å²) in [6, 6.07) is 1.91. The molecule has 9 heavy (non-hydrogen) atoms. The molecule has 0 saturated heterocycles. The van der Waals surface area contributed by atoms with E-state index in [2.05, 4.69) is 0 Å². The normalized spacial score (nSPS) is 13.7. The molecule has 50 valence electrons. The first-order valence-corrected chi connectivity index (χ1v) is 3.00. The first kappa shape index (κ1) is 6.36. The summed E-state index contributed by atoms with van der Waals surface area (Å²) in [7, 11) is 1.94. The lowest BCUT2D eigenvalue weighted by molar-refractivity contribution is 0.199. The maximum Gasteiger partial charge on any atom is 0.0776 e. The molecule has 2 heteroatoms. The SMILES string of the molecule is CC(O)c1ccn(C)c1. The van der Waals surface area contributed by atoms with Crippen LogP contribution in [0.4, 0.5) is 0 Å². The maximum absolute atomic E-state index is 9.02. The van der Waals surface area contributed by atoms with Crippen molar-refractivity contribution < 1.29 is 5.11 Å². The summed E-state index contributed by atoms with van der Waals surface area (Å²) in [5.41, 5.74) is 0.970. The second-order valence-electron chi connectivity index (χ2n) is 2.29. The van der Waals surface area contributed by atoms with Crippen LogP contribution in [0.25, 0.3) is 0 Å². The van der Waals surface area contributed by atoms with Crippen LogP contribution in [0.3, 0.4) is 0 Å². The van der Waals surface area contributed by atoms with Crippen molar-refractivity contribution in [2.75, 3.05) is 0 Å². The molecule has 0 aliphatic heterocycles. The van der Waals surface area contributed by atoms with Gasteiger partial charge in [-0.1, -0.05) is 0 Å². The van der Waals surface area contributed by atoms with E-state index >= 15 is 0 Å². The highest BCUT2D eigenvalue weighted by atomic mass is 16.3. The molecule has 0 aliphatic carbocycles. The average molecular weight is 125 g/mol. The molecule has 1 atom stereocenters. The molecule has 1 N–H and O–H groups in total. The third kappa shape index (κ3) is 1.33. The summed E-state index contributed by atoms with van der Waals surface area (Å²) in [6.45, 7) is 1.76. The van der Waals surface area contributed by atoms with Gasteiger partial charge in [-0.25, -0.2) is 0 Å². The fourth-order valence-corrected chi connectivity index (χ4v) is 0.772. The largest absolute Gasteiger partial charge is 0.389 e. The Morgan fingerprint density at radius 1 is 1.67 bits per heavy atom. The van der Waals surface area contributed by atoms with Crippen molar-refractivity contribution in [3.63, 3.8) is 0 Å². The number of rotatable bonds is 1. The van der Waals surface area contributed by atoms with Crippen LogP contribution in [-0.4, -0.2) is 9.67 Å². The van der Waals surface area contributed by atoms with Gasteiger partial charge in [0.05, 0.1) is 6.10 Å². The number of hydrogen-bond donors (Lipinski definition) is 1. The van der Waals surface area contributed by atoms with Crippen LogP contribution in [0.15, 0.2) is 18.5 Å². The molecular weight excluding hydrogens is 114 g/mol. The molecule has 2 nitrogen and oxygen atoms in total. The van der Waals surface area contributed by atoms with Crippen LogP contribution < -0.4 is 0 Å². The summed E-state index contributed by atoms with van der Waals surface area (Å²) >= 11 is 0. The van der Waals surface area contributed by atoms with E-state index in [0.717, 1.165) is 5.56 Å². The van der Waals surface area contributed by atoms with E-state index in [-0.39, 0.29) is 6.10 Å². The topological polar surface area (TPSA) is 25.2 Å². The highest BCUT2D eigenvalue weighted by molar-refractivity contribution is 5.11. The van der Waals surface area contributed by atoms with Gasteiger partial charge in [0, 0.05) is 19.4 Å². The zero-order valence-electron chi connectivity index (χ0n) is 5.70. The van der Waals surface area contributed by atoms with Gasteiger partial charge in [-0.3, -0.25) is 0 Å². The van der Waals surface area contributed by atoms with Gasteiger partial charge in [-0.2, -0.15) is 0 Å². The van der Waals surface area contributed by atoms with E-state index in [4.69, 9.17) is 5.11 Å². The highest BCUT2D eigenvalue weighted by Crippen LogP contribution is 2.10. The van der Waals surface area contributed by atoms with Crippen LogP contribution in [0.1, 0.15) is 18.6 Å². The molecule has 0 spiro atoms. The van der Waals surface area contributed by atoms with Crippen molar-refractivity contribution in [1.29, 1.82) is 0 Å². The standard InChI is InChI=1S/C7H11NO/c1-6(9)7-3-4-8(2)5-7/h3-6,9H,1-2H3.